The van der Waals surface area contributed by atoms with Crippen LogP contribution in [0.2, 0.25) is 0 Å². The van der Waals surface area contributed by atoms with Crippen LogP contribution < -0.4 is 10.1 Å². The van der Waals surface area contributed by atoms with E-state index in [0.29, 0.717) is 11.7 Å². The lowest BCUT2D eigenvalue weighted by Crippen LogP contribution is -2.07. The average Bonchev–Trinajstić information content (AvgIpc) is 2.05. The quantitative estimate of drug-likeness (QED) is 0.694. The number of nitrogens with zero attached hydrogens (tertiary/aromatic N) is 2. The van der Waals surface area contributed by atoms with Crippen molar-refractivity contribution in [3.05, 3.63) is 12.4 Å². The number of carbonyl (C=O) groups excluding carboxylic acids is 1. The van der Waals surface area contributed by atoms with Crippen molar-refractivity contribution in [1.29, 1.82) is 0 Å². The highest BCUT2D eigenvalue weighted by atomic mass is 16.5. The molecule has 0 saturated carbocycles. The molecule has 0 atom stereocenters. The predicted octanol–water partition coefficient (Wildman–Crippen LogP) is 0.444. The van der Waals surface area contributed by atoms with E-state index in [1.165, 1.54) is 26.4 Å². The van der Waals surface area contributed by atoms with Crippen LogP contribution in [0.3, 0.4) is 0 Å². The summed E-state index contributed by atoms with van der Waals surface area (Å²) in [7, 11) is 1.50. The normalized spacial score (nSPS) is 9.17. The van der Waals surface area contributed by atoms with Gasteiger partial charge in [0, 0.05) is 6.92 Å². The standard InChI is InChI=1S/C7H9N3O2/c1-5(11)10-6-3-9-7(12-2)4-8-6/h3-4H,1-2H3,(H,8,10,11). The lowest BCUT2D eigenvalue weighted by atomic mass is 10.6. The molecule has 0 aromatic carbocycles. The summed E-state index contributed by atoms with van der Waals surface area (Å²) in [6.45, 7) is 1.41. The molecule has 64 valence electrons. The first kappa shape index (κ1) is 8.45. The summed E-state index contributed by atoms with van der Waals surface area (Å²) in [5, 5.41) is 2.49. The highest BCUT2D eigenvalue weighted by molar-refractivity contribution is 5.87. The molecule has 0 aliphatic heterocycles. The molecule has 12 heavy (non-hydrogen) atoms. The van der Waals surface area contributed by atoms with Crippen molar-refractivity contribution in [1.82, 2.24) is 9.97 Å². The van der Waals surface area contributed by atoms with E-state index in [1.54, 1.807) is 0 Å². The van der Waals surface area contributed by atoms with Crippen LogP contribution in [0, 0.1) is 0 Å². The molecule has 0 aliphatic rings. The largest absolute Gasteiger partial charge is 0.480 e. The minimum absolute atomic E-state index is 0.172. The highest BCUT2D eigenvalue weighted by Crippen LogP contribution is 2.05. The van der Waals surface area contributed by atoms with E-state index >= 15 is 0 Å². The minimum atomic E-state index is -0.172. The zero-order valence-electron chi connectivity index (χ0n) is 6.87. The van der Waals surface area contributed by atoms with Gasteiger partial charge in [0.15, 0.2) is 5.82 Å². The van der Waals surface area contributed by atoms with Gasteiger partial charge in [-0.25, -0.2) is 9.97 Å². The monoisotopic (exact) mass is 167 g/mol. The van der Waals surface area contributed by atoms with Crippen LogP contribution >= 0.6 is 0 Å². The maximum absolute atomic E-state index is 10.6. The second-order valence-corrected chi connectivity index (χ2v) is 2.13. The molecule has 5 heteroatoms. The molecule has 1 heterocycles. The Morgan fingerprint density at radius 1 is 1.50 bits per heavy atom. The number of rotatable bonds is 2. The van der Waals surface area contributed by atoms with Crippen LogP contribution in [0.25, 0.3) is 0 Å². The first-order valence-corrected chi connectivity index (χ1v) is 3.36. The second kappa shape index (κ2) is 3.66. The molecule has 0 bridgehead atoms. The smallest absolute Gasteiger partial charge is 0.232 e. The third-order valence-corrected chi connectivity index (χ3v) is 1.14. The Kier molecular flexibility index (Phi) is 2.57. The first-order valence-electron chi connectivity index (χ1n) is 3.36. The van der Waals surface area contributed by atoms with Crippen molar-refractivity contribution in [2.75, 3.05) is 12.4 Å². The number of anilines is 1. The molecule has 0 radical (unpaired) electrons. The van der Waals surface area contributed by atoms with Crippen LogP contribution in [0.15, 0.2) is 12.4 Å². The zero-order valence-corrected chi connectivity index (χ0v) is 6.87. The molecule has 1 rings (SSSR count). The number of hydrogen-bond acceptors (Lipinski definition) is 4. The fourth-order valence-electron chi connectivity index (χ4n) is 0.667. The Morgan fingerprint density at radius 3 is 2.67 bits per heavy atom. The third-order valence-electron chi connectivity index (χ3n) is 1.14. The summed E-state index contributed by atoms with van der Waals surface area (Å²) in [6, 6.07) is 0. The van der Waals surface area contributed by atoms with Gasteiger partial charge in [-0.15, -0.1) is 0 Å². The lowest BCUT2D eigenvalue weighted by molar-refractivity contribution is -0.114. The van der Waals surface area contributed by atoms with Crippen molar-refractivity contribution in [2.24, 2.45) is 0 Å². The Bertz CT molecular complexity index is 270. The van der Waals surface area contributed by atoms with Gasteiger partial charge in [-0.05, 0) is 0 Å². The Morgan fingerprint density at radius 2 is 2.25 bits per heavy atom. The second-order valence-electron chi connectivity index (χ2n) is 2.13. The molecule has 0 fully saturated rings. The number of hydrogen-bond donors (Lipinski definition) is 1. The van der Waals surface area contributed by atoms with Gasteiger partial charge in [0.05, 0.1) is 19.5 Å². The van der Waals surface area contributed by atoms with Crippen molar-refractivity contribution < 1.29 is 9.53 Å². The maximum Gasteiger partial charge on any atom is 0.232 e. The Labute approximate surface area is 69.8 Å². The van der Waals surface area contributed by atoms with Gasteiger partial charge in [-0.2, -0.15) is 0 Å². The number of amides is 1. The van der Waals surface area contributed by atoms with Crippen LogP contribution in [-0.4, -0.2) is 23.0 Å². The summed E-state index contributed by atoms with van der Waals surface area (Å²) in [5.41, 5.74) is 0. The minimum Gasteiger partial charge on any atom is -0.480 e. The van der Waals surface area contributed by atoms with Gasteiger partial charge in [0.25, 0.3) is 0 Å². The van der Waals surface area contributed by atoms with Gasteiger partial charge in [0.1, 0.15) is 0 Å². The van der Waals surface area contributed by atoms with Crippen LogP contribution in [0.4, 0.5) is 5.82 Å². The van der Waals surface area contributed by atoms with Crippen molar-refractivity contribution in [3.8, 4) is 5.88 Å². The van der Waals surface area contributed by atoms with Crippen molar-refractivity contribution in [2.45, 2.75) is 6.92 Å². The predicted molar refractivity (Wildman–Crippen MR) is 42.9 cm³/mol. The van der Waals surface area contributed by atoms with Gasteiger partial charge < -0.3 is 10.1 Å². The summed E-state index contributed by atoms with van der Waals surface area (Å²) >= 11 is 0. The molecule has 0 unspecified atom stereocenters. The molecule has 0 spiro atoms. The molecule has 1 N–H and O–H groups in total. The highest BCUT2D eigenvalue weighted by Gasteiger charge is 1.97. The summed E-state index contributed by atoms with van der Waals surface area (Å²) < 4.78 is 4.79. The molecular weight excluding hydrogens is 158 g/mol. The molecule has 1 aromatic heterocycles. The number of ether oxygens (including phenoxy) is 1. The van der Waals surface area contributed by atoms with E-state index in [1.807, 2.05) is 0 Å². The number of methoxy groups -OCH3 is 1. The van der Waals surface area contributed by atoms with Crippen LogP contribution in [0.1, 0.15) is 6.92 Å². The Hall–Kier alpha value is -1.65. The summed E-state index contributed by atoms with van der Waals surface area (Å²) in [5.74, 6) is 0.668. The maximum atomic E-state index is 10.6. The van der Waals surface area contributed by atoms with Crippen LogP contribution in [0.5, 0.6) is 5.88 Å². The molecule has 5 nitrogen and oxygen atoms in total. The third kappa shape index (κ3) is 2.19. The topological polar surface area (TPSA) is 64.1 Å². The van der Waals surface area contributed by atoms with Gasteiger partial charge in [-0.1, -0.05) is 0 Å². The molecule has 1 aromatic rings. The molecule has 1 amide bonds. The fraction of sp³-hybridized carbons (Fsp3) is 0.286. The van der Waals surface area contributed by atoms with Gasteiger partial charge >= 0.3 is 0 Å². The summed E-state index contributed by atoms with van der Waals surface area (Å²) in [4.78, 5) is 18.3. The SMILES string of the molecule is COc1cnc(NC(C)=O)cn1. The summed E-state index contributed by atoms with van der Waals surface area (Å²) in [6.07, 6.45) is 2.87. The number of aromatic nitrogens is 2. The molecule has 0 aliphatic carbocycles. The Balaban J connectivity index is 2.71. The molecular formula is C7H9N3O2. The van der Waals surface area contributed by atoms with E-state index in [2.05, 4.69) is 15.3 Å². The number of nitrogens with one attached hydrogen (secondary N) is 1. The average molecular weight is 167 g/mol. The molecule has 0 saturated heterocycles. The van der Waals surface area contributed by atoms with Crippen molar-refractivity contribution in [3.63, 3.8) is 0 Å². The van der Waals surface area contributed by atoms with Crippen LogP contribution in [-0.2, 0) is 4.79 Å². The zero-order chi connectivity index (χ0) is 8.97. The van der Waals surface area contributed by atoms with E-state index in [-0.39, 0.29) is 5.91 Å². The van der Waals surface area contributed by atoms with E-state index in [9.17, 15) is 4.79 Å². The first-order chi connectivity index (χ1) is 5.72. The number of carbonyl (C=O) groups is 1. The fourth-order valence-corrected chi connectivity index (χ4v) is 0.667. The lowest BCUT2D eigenvalue weighted by Gasteiger charge is -2.00. The van der Waals surface area contributed by atoms with Gasteiger partial charge in [0.2, 0.25) is 11.8 Å². The van der Waals surface area contributed by atoms with Gasteiger partial charge in [-0.3, -0.25) is 4.79 Å². The van der Waals surface area contributed by atoms with E-state index in [0.717, 1.165) is 0 Å². The van der Waals surface area contributed by atoms with E-state index < -0.39 is 0 Å². The van der Waals surface area contributed by atoms with E-state index in [4.69, 9.17) is 4.74 Å². The van der Waals surface area contributed by atoms with Crippen molar-refractivity contribution >= 4 is 11.7 Å².